The van der Waals surface area contributed by atoms with E-state index in [1.54, 1.807) is 14.2 Å². The van der Waals surface area contributed by atoms with E-state index in [0.717, 1.165) is 28.2 Å². The van der Waals surface area contributed by atoms with Gasteiger partial charge in [-0.3, -0.25) is 0 Å². The van der Waals surface area contributed by atoms with Crippen LogP contribution in [-0.2, 0) is 19.4 Å². The van der Waals surface area contributed by atoms with E-state index in [2.05, 4.69) is 88.7 Å². The molecule has 0 bridgehead atoms. The Balaban J connectivity index is 1.99. The van der Waals surface area contributed by atoms with Crippen molar-refractivity contribution in [2.45, 2.75) is 65.6 Å². The number of hydrogen-bond acceptors (Lipinski definition) is 7. The van der Waals surface area contributed by atoms with E-state index in [1.807, 2.05) is 42.5 Å². The summed E-state index contributed by atoms with van der Waals surface area (Å²) in [5.74, 6) is 1.55. The van der Waals surface area contributed by atoms with Crippen LogP contribution >= 0.6 is 8.53 Å². The summed E-state index contributed by atoms with van der Waals surface area (Å²) < 4.78 is 33.0. The highest BCUT2D eigenvalue weighted by Gasteiger charge is 2.40. The standard InChI is InChI=1S/C35H47N2O5P/c1-27(2)37(28(3)4)43(41-24-12-23-36)42-26-34(5,6)25-40-35(29-13-10-9-11-14-29,30-15-19-32(38-7)20-16-30)31-17-21-33(39-8)22-18-31/h9-11,13-22,27-28H,12,24-26H2,1-8H3. The third-order valence-corrected chi connectivity index (χ3v) is 9.14. The Kier molecular flexibility index (Phi) is 13.0. The van der Waals surface area contributed by atoms with Crippen molar-refractivity contribution < 1.29 is 23.3 Å². The summed E-state index contributed by atoms with van der Waals surface area (Å²) in [7, 11) is 1.97. The summed E-state index contributed by atoms with van der Waals surface area (Å²) in [6.45, 7) is 14.0. The summed E-state index contributed by atoms with van der Waals surface area (Å²) in [5.41, 5.74) is 1.68. The maximum atomic E-state index is 9.07. The van der Waals surface area contributed by atoms with Gasteiger partial charge < -0.3 is 23.3 Å². The summed E-state index contributed by atoms with van der Waals surface area (Å²) in [4.78, 5) is 0. The molecular formula is C35H47N2O5P. The third kappa shape index (κ3) is 9.01. The van der Waals surface area contributed by atoms with Crippen LogP contribution in [0.4, 0.5) is 0 Å². The number of nitrogens with zero attached hydrogens (tertiary/aromatic N) is 2. The second-order valence-corrected chi connectivity index (χ2v) is 13.2. The van der Waals surface area contributed by atoms with Crippen molar-refractivity contribution in [3.63, 3.8) is 0 Å². The van der Waals surface area contributed by atoms with Gasteiger partial charge >= 0.3 is 0 Å². The van der Waals surface area contributed by atoms with Gasteiger partial charge in [-0.25, -0.2) is 4.67 Å². The quantitative estimate of drug-likeness (QED) is 0.0869. The Bertz CT molecular complexity index is 1220. The number of benzene rings is 3. The zero-order valence-corrected chi connectivity index (χ0v) is 27.8. The van der Waals surface area contributed by atoms with Gasteiger partial charge in [-0.2, -0.15) is 5.26 Å². The normalized spacial score (nSPS) is 12.9. The molecule has 0 aliphatic carbocycles. The molecule has 1 atom stereocenters. The minimum atomic E-state index is -1.36. The molecule has 0 spiro atoms. The molecule has 0 radical (unpaired) electrons. The molecule has 232 valence electrons. The van der Waals surface area contributed by atoms with Crippen LogP contribution in [0.25, 0.3) is 0 Å². The van der Waals surface area contributed by atoms with Gasteiger partial charge in [-0.05, 0) is 68.7 Å². The first kappa shape index (κ1) is 34.5. The zero-order valence-electron chi connectivity index (χ0n) is 26.9. The third-order valence-electron chi connectivity index (χ3n) is 7.08. The summed E-state index contributed by atoms with van der Waals surface area (Å²) in [5, 5.41) is 9.07. The fourth-order valence-corrected chi connectivity index (χ4v) is 6.77. The first-order valence-corrected chi connectivity index (χ1v) is 15.9. The van der Waals surface area contributed by atoms with E-state index in [9.17, 15) is 0 Å². The molecule has 3 rings (SSSR count). The molecular weight excluding hydrogens is 559 g/mol. The number of ether oxygens (including phenoxy) is 3. The van der Waals surface area contributed by atoms with Crippen molar-refractivity contribution in [3.05, 3.63) is 95.6 Å². The van der Waals surface area contributed by atoms with Crippen molar-refractivity contribution in [2.75, 3.05) is 34.0 Å². The SMILES string of the molecule is COc1ccc(C(OCC(C)(C)COP(OCCC#N)N(C(C)C)C(C)C)(c2ccccc2)c2ccc(OC)cc2)cc1. The molecule has 43 heavy (non-hydrogen) atoms. The Hall–Kier alpha value is -2.98. The van der Waals surface area contributed by atoms with Crippen LogP contribution in [0.1, 0.15) is 64.7 Å². The van der Waals surface area contributed by atoms with Gasteiger partial charge in [0.1, 0.15) is 17.1 Å². The van der Waals surface area contributed by atoms with E-state index in [-0.39, 0.29) is 17.5 Å². The highest BCUT2D eigenvalue weighted by molar-refractivity contribution is 7.44. The largest absolute Gasteiger partial charge is 0.497 e. The van der Waals surface area contributed by atoms with Gasteiger partial charge in [-0.15, -0.1) is 0 Å². The number of hydrogen-bond donors (Lipinski definition) is 0. The maximum Gasteiger partial charge on any atom is 0.259 e. The fraction of sp³-hybridized carbons (Fsp3) is 0.457. The van der Waals surface area contributed by atoms with Crippen LogP contribution in [0.15, 0.2) is 78.9 Å². The van der Waals surface area contributed by atoms with Gasteiger partial charge in [0.05, 0.1) is 46.5 Å². The van der Waals surface area contributed by atoms with E-state index in [0.29, 0.717) is 26.2 Å². The molecule has 0 aromatic heterocycles. The van der Waals surface area contributed by atoms with Gasteiger partial charge in [-0.1, -0.05) is 68.4 Å². The molecule has 0 aliphatic rings. The van der Waals surface area contributed by atoms with E-state index in [1.165, 1.54) is 0 Å². The molecule has 3 aromatic carbocycles. The minimum Gasteiger partial charge on any atom is -0.497 e. The van der Waals surface area contributed by atoms with Crippen LogP contribution in [0.2, 0.25) is 0 Å². The van der Waals surface area contributed by atoms with Gasteiger partial charge in [0.15, 0.2) is 0 Å². The lowest BCUT2D eigenvalue weighted by Crippen LogP contribution is -2.38. The molecule has 0 N–H and O–H groups in total. The Morgan fingerprint density at radius 1 is 0.721 bits per heavy atom. The first-order chi connectivity index (χ1) is 20.6. The summed E-state index contributed by atoms with van der Waals surface area (Å²) in [6.07, 6.45) is 0.321. The Morgan fingerprint density at radius 3 is 1.65 bits per heavy atom. The molecule has 0 amide bonds. The monoisotopic (exact) mass is 606 g/mol. The average Bonchev–Trinajstić information content (AvgIpc) is 3.01. The Morgan fingerprint density at radius 2 is 1.21 bits per heavy atom. The minimum absolute atomic E-state index is 0.225. The van der Waals surface area contributed by atoms with Crippen LogP contribution in [0.3, 0.4) is 0 Å². The van der Waals surface area contributed by atoms with Crippen LogP contribution in [0, 0.1) is 16.7 Å². The van der Waals surface area contributed by atoms with E-state index < -0.39 is 14.1 Å². The van der Waals surface area contributed by atoms with Crippen molar-refractivity contribution >= 4 is 8.53 Å². The molecule has 1 unspecified atom stereocenters. The average molecular weight is 607 g/mol. The number of nitriles is 1. The lowest BCUT2D eigenvalue weighted by atomic mass is 9.79. The van der Waals surface area contributed by atoms with Crippen LogP contribution < -0.4 is 9.47 Å². The molecule has 0 saturated heterocycles. The highest BCUT2D eigenvalue weighted by Crippen LogP contribution is 2.48. The zero-order chi connectivity index (χ0) is 31.5. The van der Waals surface area contributed by atoms with E-state index in [4.69, 9.17) is 28.5 Å². The highest BCUT2D eigenvalue weighted by atomic mass is 31.2. The van der Waals surface area contributed by atoms with Crippen LogP contribution in [-0.4, -0.2) is 50.8 Å². The topological polar surface area (TPSA) is 73.2 Å². The van der Waals surface area contributed by atoms with Crippen molar-refractivity contribution in [2.24, 2.45) is 5.41 Å². The second-order valence-electron chi connectivity index (χ2n) is 11.8. The van der Waals surface area contributed by atoms with Crippen molar-refractivity contribution in [1.29, 1.82) is 5.26 Å². The number of rotatable bonds is 17. The maximum absolute atomic E-state index is 9.07. The number of methoxy groups -OCH3 is 2. The van der Waals surface area contributed by atoms with E-state index >= 15 is 0 Å². The Labute approximate surface area is 259 Å². The predicted octanol–water partition coefficient (Wildman–Crippen LogP) is 8.33. The summed E-state index contributed by atoms with van der Waals surface area (Å²) >= 11 is 0. The molecule has 8 heteroatoms. The molecule has 3 aromatic rings. The van der Waals surface area contributed by atoms with Crippen molar-refractivity contribution in [3.8, 4) is 17.6 Å². The molecule has 0 fully saturated rings. The van der Waals surface area contributed by atoms with Crippen molar-refractivity contribution in [1.82, 2.24) is 4.67 Å². The van der Waals surface area contributed by atoms with Gasteiger partial charge in [0, 0.05) is 17.5 Å². The second kappa shape index (κ2) is 16.2. The molecule has 0 saturated carbocycles. The lowest BCUT2D eigenvalue weighted by Gasteiger charge is -2.40. The van der Waals surface area contributed by atoms with Gasteiger partial charge in [0.25, 0.3) is 8.53 Å². The lowest BCUT2D eigenvalue weighted by molar-refractivity contribution is -0.0440. The fourth-order valence-electron chi connectivity index (χ4n) is 4.96. The summed E-state index contributed by atoms with van der Waals surface area (Å²) in [6, 6.07) is 29.0. The molecule has 7 nitrogen and oxygen atoms in total. The van der Waals surface area contributed by atoms with Crippen LogP contribution in [0.5, 0.6) is 11.5 Å². The predicted molar refractivity (Wildman–Crippen MR) is 173 cm³/mol. The first-order valence-electron chi connectivity index (χ1n) is 14.8. The molecule has 0 heterocycles. The smallest absolute Gasteiger partial charge is 0.259 e. The molecule has 0 aliphatic heterocycles. The van der Waals surface area contributed by atoms with Gasteiger partial charge in [0.2, 0.25) is 0 Å².